The molecule has 7 heteroatoms. The van der Waals surface area contributed by atoms with Gasteiger partial charge in [0.05, 0.1) is 15.2 Å². The zero-order valence-corrected chi connectivity index (χ0v) is 15.4. The van der Waals surface area contributed by atoms with Crippen LogP contribution in [-0.4, -0.2) is 21.1 Å². The van der Waals surface area contributed by atoms with Gasteiger partial charge in [-0.05, 0) is 25.0 Å². The normalized spacial score (nSPS) is 11.8. The lowest BCUT2D eigenvalue weighted by Crippen LogP contribution is -2.13. The molecule has 0 aliphatic carbocycles. The summed E-state index contributed by atoms with van der Waals surface area (Å²) in [6.45, 7) is 6.00. The van der Waals surface area contributed by atoms with Crippen LogP contribution in [0.2, 0.25) is 0 Å². The summed E-state index contributed by atoms with van der Waals surface area (Å²) in [7, 11) is 0. The molecule has 3 rings (SSSR count). The molecular formula is C18H21N3O3S. The lowest BCUT2D eigenvalue weighted by atomic mass is 9.96. The van der Waals surface area contributed by atoms with E-state index in [1.165, 1.54) is 4.70 Å². The number of nitrogens with zero attached hydrogens (tertiary/aromatic N) is 3. The minimum absolute atomic E-state index is 0.0169. The summed E-state index contributed by atoms with van der Waals surface area (Å²) in [5, 5.41) is 4.95. The second kappa shape index (κ2) is 7.31. The number of esters is 1. The molecule has 1 aromatic carbocycles. The maximum absolute atomic E-state index is 11.9. The second-order valence-electron chi connectivity index (χ2n) is 6.85. The van der Waals surface area contributed by atoms with Crippen LogP contribution >= 0.6 is 11.3 Å². The van der Waals surface area contributed by atoms with E-state index in [0.29, 0.717) is 24.6 Å². The Labute approximate surface area is 150 Å². The number of hydrogen-bond acceptors (Lipinski definition) is 7. The molecule has 0 N–H and O–H groups in total. The Kier molecular flexibility index (Phi) is 5.13. The van der Waals surface area contributed by atoms with Crippen molar-refractivity contribution in [2.24, 2.45) is 0 Å². The Hall–Kier alpha value is -2.28. The fourth-order valence-corrected chi connectivity index (χ4v) is 3.25. The van der Waals surface area contributed by atoms with Crippen LogP contribution in [0.4, 0.5) is 0 Å². The van der Waals surface area contributed by atoms with Crippen LogP contribution in [0.1, 0.15) is 50.3 Å². The van der Waals surface area contributed by atoms with Gasteiger partial charge < -0.3 is 9.26 Å². The number of para-hydroxylation sites is 1. The van der Waals surface area contributed by atoms with Crippen molar-refractivity contribution < 1.29 is 14.1 Å². The quantitative estimate of drug-likeness (QED) is 0.618. The average Bonchev–Trinajstić information content (AvgIpc) is 3.19. The highest BCUT2D eigenvalue weighted by Gasteiger charge is 2.21. The third-order valence-corrected chi connectivity index (χ3v) is 4.70. The molecule has 6 nitrogen and oxygen atoms in total. The molecule has 2 heterocycles. The van der Waals surface area contributed by atoms with E-state index in [2.05, 4.69) is 21.2 Å². The molecule has 0 atom stereocenters. The van der Waals surface area contributed by atoms with Gasteiger partial charge in [-0.1, -0.05) is 38.1 Å². The van der Waals surface area contributed by atoms with Crippen molar-refractivity contribution in [2.75, 3.05) is 0 Å². The molecule has 0 unspecified atom stereocenters. The van der Waals surface area contributed by atoms with E-state index in [1.807, 2.05) is 39.0 Å². The molecule has 0 saturated heterocycles. The Morgan fingerprint density at radius 3 is 2.76 bits per heavy atom. The Balaban J connectivity index is 1.43. The van der Waals surface area contributed by atoms with Gasteiger partial charge in [-0.2, -0.15) is 4.98 Å². The molecular weight excluding hydrogens is 338 g/mol. The van der Waals surface area contributed by atoms with Crippen LogP contribution in [0.15, 0.2) is 28.8 Å². The number of fused-ring (bicyclic) bond motifs is 1. The van der Waals surface area contributed by atoms with Gasteiger partial charge in [-0.3, -0.25) is 4.79 Å². The standard InChI is InChI=1S/C18H21N3O3S/c1-18(2,3)17-20-14(24-21-17)11-23-16(22)10-6-9-15-19-12-7-4-5-8-13(12)25-15/h4-5,7-8H,6,9-11H2,1-3H3. The highest BCUT2D eigenvalue weighted by molar-refractivity contribution is 7.18. The largest absolute Gasteiger partial charge is 0.456 e. The van der Waals surface area contributed by atoms with Crippen molar-refractivity contribution in [3.63, 3.8) is 0 Å². The number of carbonyl (C=O) groups is 1. The lowest BCUT2D eigenvalue weighted by molar-refractivity contribution is -0.145. The van der Waals surface area contributed by atoms with Crippen molar-refractivity contribution in [2.45, 2.75) is 52.1 Å². The molecule has 0 saturated carbocycles. The van der Waals surface area contributed by atoms with Gasteiger partial charge in [0.25, 0.3) is 5.89 Å². The number of benzene rings is 1. The van der Waals surface area contributed by atoms with Crippen LogP contribution in [0.25, 0.3) is 10.2 Å². The molecule has 0 bridgehead atoms. The van der Waals surface area contributed by atoms with Crippen molar-refractivity contribution in [1.82, 2.24) is 15.1 Å². The monoisotopic (exact) mass is 359 g/mol. The summed E-state index contributed by atoms with van der Waals surface area (Å²) in [4.78, 5) is 20.7. The van der Waals surface area contributed by atoms with Crippen LogP contribution in [-0.2, 0) is 28.0 Å². The predicted octanol–water partition coefficient (Wildman–Crippen LogP) is 4.04. The fourth-order valence-electron chi connectivity index (χ4n) is 2.24. The molecule has 3 aromatic rings. The Bertz CT molecular complexity index is 831. The number of thiazole rings is 1. The molecule has 2 aromatic heterocycles. The molecule has 0 aliphatic rings. The number of aromatic nitrogens is 3. The third kappa shape index (κ3) is 4.63. The Morgan fingerprint density at radius 1 is 1.24 bits per heavy atom. The highest BCUT2D eigenvalue weighted by Crippen LogP contribution is 2.23. The van der Waals surface area contributed by atoms with Crippen molar-refractivity contribution in [3.8, 4) is 0 Å². The van der Waals surface area contributed by atoms with E-state index >= 15 is 0 Å². The minimum atomic E-state index is -0.267. The van der Waals surface area contributed by atoms with E-state index in [9.17, 15) is 4.79 Å². The highest BCUT2D eigenvalue weighted by atomic mass is 32.1. The van der Waals surface area contributed by atoms with E-state index in [1.54, 1.807) is 11.3 Å². The van der Waals surface area contributed by atoms with Crippen molar-refractivity contribution in [3.05, 3.63) is 41.0 Å². The number of aryl methyl sites for hydroxylation is 1. The van der Waals surface area contributed by atoms with Crippen molar-refractivity contribution in [1.29, 1.82) is 0 Å². The van der Waals surface area contributed by atoms with Gasteiger partial charge in [-0.25, -0.2) is 4.98 Å². The molecule has 0 radical (unpaired) electrons. The molecule has 0 fully saturated rings. The lowest BCUT2D eigenvalue weighted by Gasteiger charge is -2.10. The van der Waals surface area contributed by atoms with Crippen LogP contribution in [0.5, 0.6) is 0 Å². The zero-order chi connectivity index (χ0) is 17.9. The smallest absolute Gasteiger partial charge is 0.306 e. The van der Waals surface area contributed by atoms with Crippen LogP contribution in [0, 0.1) is 0 Å². The SMILES string of the molecule is CC(C)(C)c1noc(COC(=O)CCCc2nc3ccccc3s2)n1. The molecule has 0 amide bonds. The summed E-state index contributed by atoms with van der Waals surface area (Å²) in [5.74, 6) is 0.662. The molecule has 0 spiro atoms. The molecule has 132 valence electrons. The van der Waals surface area contributed by atoms with Gasteiger partial charge >= 0.3 is 5.97 Å². The summed E-state index contributed by atoms with van der Waals surface area (Å²) in [5.41, 5.74) is 0.819. The fraction of sp³-hybridized carbons (Fsp3) is 0.444. The Morgan fingerprint density at radius 2 is 2.04 bits per heavy atom. The van der Waals surface area contributed by atoms with Crippen LogP contribution < -0.4 is 0 Å². The molecule has 25 heavy (non-hydrogen) atoms. The zero-order valence-electron chi connectivity index (χ0n) is 14.6. The first-order chi connectivity index (χ1) is 11.9. The number of rotatable bonds is 6. The summed E-state index contributed by atoms with van der Waals surface area (Å²) in [6.07, 6.45) is 1.81. The number of carbonyl (C=O) groups excluding carboxylic acids is 1. The first kappa shape index (κ1) is 17.5. The number of ether oxygens (including phenoxy) is 1. The van der Waals surface area contributed by atoms with E-state index in [0.717, 1.165) is 16.9 Å². The van der Waals surface area contributed by atoms with E-state index < -0.39 is 0 Å². The molecule has 0 aliphatic heterocycles. The van der Waals surface area contributed by atoms with E-state index in [4.69, 9.17) is 9.26 Å². The van der Waals surface area contributed by atoms with Gasteiger partial charge in [-0.15, -0.1) is 11.3 Å². The summed E-state index contributed by atoms with van der Waals surface area (Å²) < 4.78 is 11.5. The summed E-state index contributed by atoms with van der Waals surface area (Å²) in [6, 6.07) is 8.04. The van der Waals surface area contributed by atoms with Gasteiger partial charge in [0, 0.05) is 11.8 Å². The number of hydrogen-bond donors (Lipinski definition) is 0. The van der Waals surface area contributed by atoms with E-state index in [-0.39, 0.29) is 18.0 Å². The topological polar surface area (TPSA) is 78.1 Å². The summed E-state index contributed by atoms with van der Waals surface area (Å²) >= 11 is 1.67. The third-order valence-electron chi connectivity index (χ3n) is 3.61. The minimum Gasteiger partial charge on any atom is -0.456 e. The second-order valence-corrected chi connectivity index (χ2v) is 7.97. The first-order valence-corrected chi connectivity index (χ1v) is 9.06. The van der Waals surface area contributed by atoms with Gasteiger partial charge in [0.2, 0.25) is 0 Å². The van der Waals surface area contributed by atoms with Gasteiger partial charge in [0.1, 0.15) is 0 Å². The average molecular weight is 359 g/mol. The van der Waals surface area contributed by atoms with Crippen LogP contribution in [0.3, 0.4) is 0 Å². The predicted molar refractivity (Wildman–Crippen MR) is 95.4 cm³/mol. The maximum atomic E-state index is 11.9. The first-order valence-electron chi connectivity index (χ1n) is 8.25. The maximum Gasteiger partial charge on any atom is 0.306 e. The van der Waals surface area contributed by atoms with Crippen molar-refractivity contribution >= 4 is 27.5 Å². The van der Waals surface area contributed by atoms with Gasteiger partial charge in [0.15, 0.2) is 12.4 Å².